The Morgan fingerprint density at radius 3 is 1.75 bits per heavy atom. The Balaban J connectivity index is 1.47. The van der Waals surface area contributed by atoms with Gasteiger partial charge in [-0.3, -0.25) is 0 Å². The predicted octanol–water partition coefficient (Wildman–Crippen LogP) is 11.2. The number of hydrogen-bond donors (Lipinski definition) is 0. The lowest BCUT2D eigenvalue weighted by atomic mass is 9.82. The van der Waals surface area contributed by atoms with Crippen LogP contribution in [0.1, 0.15) is 49.3 Å². The summed E-state index contributed by atoms with van der Waals surface area (Å²) in [6.45, 7) is 4.70. The van der Waals surface area contributed by atoms with Gasteiger partial charge >= 0.3 is 0 Å². The van der Waals surface area contributed by atoms with Crippen LogP contribution in [0.5, 0.6) is 0 Å². The summed E-state index contributed by atoms with van der Waals surface area (Å²) in [4.78, 5) is 0. The van der Waals surface area contributed by atoms with E-state index in [-0.39, 0.29) is 0 Å². The van der Waals surface area contributed by atoms with Crippen LogP contribution in [-0.2, 0) is 6.42 Å². The van der Waals surface area contributed by atoms with Crippen molar-refractivity contribution in [2.24, 2.45) is 0 Å². The van der Waals surface area contributed by atoms with Crippen LogP contribution in [0.2, 0.25) is 0 Å². The maximum atomic E-state index is 2.40. The number of benzene rings is 6. The van der Waals surface area contributed by atoms with E-state index in [1.54, 1.807) is 0 Å². The number of rotatable bonds is 6. The minimum atomic E-state index is 0.499. The number of hydrogen-bond acceptors (Lipinski definition) is 0. The van der Waals surface area contributed by atoms with Crippen molar-refractivity contribution in [2.45, 2.75) is 39.0 Å². The molecular weight excluding hydrogens is 480 g/mol. The van der Waals surface area contributed by atoms with Crippen LogP contribution in [0, 0.1) is 0 Å². The quantitative estimate of drug-likeness (QED) is 0.207. The molecule has 6 aromatic carbocycles. The fourth-order valence-electron chi connectivity index (χ4n) is 6.90. The molecule has 0 heterocycles. The first-order valence-corrected chi connectivity index (χ1v) is 14.6. The van der Waals surface area contributed by atoms with Gasteiger partial charge in [-0.2, -0.15) is 0 Å². The molecule has 6 aromatic rings. The second-order valence-electron chi connectivity index (χ2n) is 11.2. The zero-order valence-electron chi connectivity index (χ0n) is 23.3. The lowest BCUT2D eigenvalue weighted by molar-refractivity contribution is 0.682. The summed E-state index contributed by atoms with van der Waals surface area (Å²) in [5.74, 6) is 0.499. The van der Waals surface area contributed by atoms with E-state index in [1.165, 1.54) is 71.6 Å². The molecule has 1 aliphatic carbocycles. The van der Waals surface area contributed by atoms with Gasteiger partial charge in [-0.15, -0.1) is 0 Å². The normalized spacial score (nSPS) is 13.7. The smallest absolute Gasteiger partial charge is 0.00514 e. The minimum Gasteiger partial charge on any atom is -0.0650 e. The molecule has 0 aliphatic heterocycles. The summed E-state index contributed by atoms with van der Waals surface area (Å²) >= 11 is 0. The van der Waals surface area contributed by atoms with E-state index in [2.05, 4.69) is 141 Å². The largest absolute Gasteiger partial charge is 0.0650 e. The summed E-state index contributed by atoms with van der Waals surface area (Å²) in [5, 5.41) is 5.24. The fourth-order valence-corrected chi connectivity index (χ4v) is 6.90. The van der Waals surface area contributed by atoms with Crippen LogP contribution in [0.25, 0.3) is 49.4 Å². The molecule has 0 saturated heterocycles. The Kier molecular flexibility index (Phi) is 6.33. The molecule has 0 fully saturated rings. The standard InChI is InChI=1S/C40H34/c1-3-28(29-13-5-4-6-14-29)26-38-27(2)25-39-36(34-21-11-17-30-15-7-9-19-32(30)34)23-24-37(40(38)39)35-22-12-18-31-16-8-10-20-33(31)35/h4-24,28H,3,25-26H2,1-2H3. The molecule has 7 rings (SSSR count). The Morgan fingerprint density at radius 2 is 1.10 bits per heavy atom. The highest BCUT2D eigenvalue weighted by molar-refractivity contribution is 6.04. The number of allylic oxidation sites excluding steroid dienone is 2. The molecule has 0 spiro atoms. The molecule has 1 unspecified atom stereocenters. The SMILES string of the molecule is CCC(CC1=C(C)Cc2c(-c3cccc4ccccc34)ccc(-c3cccc4ccccc34)c21)c1ccccc1. The minimum absolute atomic E-state index is 0.499. The van der Waals surface area contributed by atoms with Gasteiger partial charge in [0.05, 0.1) is 0 Å². The molecule has 0 amide bonds. The zero-order chi connectivity index (χ0) is 27.1. The van der Waals surface area contributed by atoms with E-state index in [0.717, 1.165) is 19.3 Å². The van der Waals surface area contributed by atoms with E-state index in [0.29, 0.717) is 5.92 Å². The topological polar surface area (TPSA) is 0 Å². The van der Waals surface area contributed by atoms with Gasteiger partial charge in [0, 0.05) is 0 Å². The first-order chi connectivity index (χ1) is 19.7. The molecule has 40 heavy (non-hydrogen) atoms. The monoisotopic (exact) mass is 514 g/mol. The van der Waals surface area contributed by atoms with Crippen LogP contribution in [0.3, 0.4) is 0 Å². The average molecular weight is 515 g/mol. The van der Waals surface area contributed by atoms with E-state index < -0.39 is 0 Å². The highest BCUT2D eigenvalue weighted by Crippen LogP contribution is 2.49. The number of fused-ring (bicyclic) bond motifs is 3. The maximum absolute atomic E-state index is 2.40. The Hall–Kier alpha value is -4.42. The van der Waals surface area contributed by atoms with Crippen molar-refractivity contribution in [1.29, 1.82) is 0 Å². The third-order valence-corrected chi connectivity index (χ3v) is 8.95. The summed E-state index contributed by atoms with van der Waals surface area (Å²) in [6.07, 6.45) is 3.20. The van der Waals surface area contributed by atoms with E-state index in [1.807, 2.05) is 0 Å². The molecule has 0 aromatic heterocycles. The van der Waals surface area contributed by atoms with Crippen LogP contribution >= 0.6 is 0 Å². The van der Waals surface area contributed by atoms with Crippen molar-refractivity contribution in [1.82, 2.24) is 0 Å². The van der Waals surface area contributed by atoms with Gasteiger partial charge in [0.25, 0.3) is 0 Å². The van der Waals surface area contributed by atoms with Gasteiger partial charge in [0.2, 0.25) is 0 Å². The van der Waals surface area contributed by atoms with Crippen molar-refractivity contribution in [3.05, 3.63) is 150 Å². The van der Waals surface area contributed by atoms with Gasteiger partial charge in [0.15, 0.2) is 0 Å². The first-order valence-electron chi connectivity index (χ1n) is 14.6. The molecule has 1 atom stereocenters. The lowest BCUT2D eigenvalue weighted by Gasteiger charge is -2.22. The molecule has 0 bridgehead atoms. The average Bonchev–Trinajstić information content (AvgIpc) is 3.34. The van der Waals surface area contributed by atoms with Gasteiger partial charge in [-0.1, -0.05) is 140 Å². The Bertz CT molecular complexity index is 1880. The predicted molar refractivity (Wildman–Crippen MR) is 173 cm³/mol. The van der Waals surface area contributed by atoms with E-state index >= 15 is 0 Å². The van der Waals surface area contributed by atoms with Gasteiger partial charge in [0.1, 0.15) is 0 Å². The summed E-state index contributed by atoms with van der Waals surface area (Å²) in [7, 11) is 0. The first kappa shape index (κ1) is 24.6. The van der Waals surface area contributed by atoms with Crippen molar-refractivity contribution < 1.29 is 0 Å². The van der Waals surface area contributed by atoms with Crippen LogP contribution < -0.4 is 0 Å². The highest BCUT2D eigenvalue weighted by Gasteiger charge is 2.28. The van der Waals surface area contributed by atoms with Crippen LogP contribution in [0.4, 0.5) is 0 Å². The summed E-state index contributed by atoms with van der Waals surface area (Å²) in [6, 6.07) is 47.0. The molecule has 0 N–H and O–H groups in total. The van der Waals surface area contributed by atoms with Crippen molar-refractivity contribution >= 4 is 27.1 Å². The van der Waals surface area contributed by atoms with Crippen molar-refractivity contribution in [2.75, 3.05) is 0 Å². The summed E-state index contributed by atoms with van der Waals surface area (Å²) in [5.41, 5.74) is 12.8. The molecule has 0 saturated carbocycles. The Labute approximate surface area is 237 Å². The third kappa shape index (κ3) is 4.16. The lowest BCUT2D eigenvalue weighted by Crippen LogP contribution is -2.01. The van der Waals surface area contributed by atoms with Crippen LogP contribution in [0.15, 0.2) is 133 Å². The third-order valence-electron chi connectivity index (χ3n) is 8.95. The molecule has 0 heteroatoms. The van der Waals surface area contributed by atoms with Crippen molar-refractivity contribution in [3.63, 3.8) is 0 Å². The van der Waals surface area contributed by atoms with Crippen LogP contribution in [-0.4, -0.2) is 0 Å². The van der Waals surface area contributed by atoms with Gasteiger partial charge in [-0.25, -0.2) is 0 Å². The molecule has 194 valence electrons. The summed E-state index contributed by atoms with van der Waals surface area (Å²) < 4.78 is 0. The molecule has 1 aliphatic rings. The fraction of sp³-hybridized carbons (Fsp3) is 0.150. The second kappa shape index (κ2) is 10.3. The van der Waals surface area contributed by atoms with Crippen molar-refractivity contribution in [3.8, 4) is 22.3 Å². The highest BCUT2D eigenvalue weighted by atomic mass is 14.3. The van der Waals surface area contributed by atoms with Gasteiger partial charge in [-0.05, 0) is 98.2 Å². The molecule has 0 radical (unpaired) electrons. The zero-order valence-corrected chi connectivity index (χ0v) is 23.3. The second-order valence-corrected chi connectivity index (χ2v) is 11.2. The van der Waals surface area contributed by atoms with Gasteiger partial charge < -0.3 is 0 Å². The molecular formula is C40H34. The Morgan fingerprint density at radius 1 is 0.550 bits per heavy atom. The van der Waals surface area contributed by atoms with E-state index in [4.69, 9.17) is 0 Å². The maximum Gasteiger partial charge on any atom is -0.00514 e. The van der Waals surface area contributed by atoms with E-state index in [9.17, 15) is 0 Å². The molecule has 0 nitrogen and oxygen atoms in total.